The van der Waals surface area contributed by atoms with Crippen molar-refractivity contribution in [2.24, 2.45) is 0 Å². The Hall–Kier alpha value is -2.96. The molecule has 22 heavy (non-hydrogen) atoms. The molecule has 0 bridgehead atoms. The Bertz CT molecular complexity index is 717. The zero-order valence-corrected chi connectivity index (χ0v) is 11.6. The average Bonchev–Trinajstić information content (AvgIpc) is 2.47. The highest BCUT2D eigenvalue weighted by atomic mass is 19.1. The summed E-state index contributed by atoms with van der Waals surface area (Å²) in [4.78, 5) is 22.1. The molecule has 0 atom stereocenters. The molecule has 0 aliphatic rings. The maximum atomic E-state index is 13.2. The van der Waals surface area contributed by atoms with Crippen molar-refractivity contribution < 1.29 is 23.6 Å². The van der Waals surface area contributed by atoms with Crippen molar-refractivity contribution in [2.75, 3.05) is 6.61 Å². The summed E-state index contributed by atoms with van der Waals surface area (Å²) >= 11 is 0. The molecule has 0 saturated carbocycles. The second-order valence-corrected chi connectivity index (χ2v) is 4.22. The number of benzene rings is 2. The molecule has 2 rings (SSSR count). The second-order valence-electron chi connectivity index (χ2n) is 4.22. The lowest BCUT2D eigenvalue weighted by Gasteiger charge is -2.07. The Kier molecular flexibility index (Phi) is 4.67. The molecule has 2 aromatic carbocycles. The van der Waals surface area contributed by atoms with Gasteiger partial charge in [-0.1, -0.05) is 6.07 Å². The molecule has 0 N–H and O–H groups in total. The fraction of sp³-hybridized carbons (Fsp3) is 0.133. The maximum Gasteiger partial charge on any atom is 0.343 e. The molecule has 6 nitrogen and oxygen atoms in total. The summed E-state index contributed by atoms with van der Waals surface area (Å²) < 4.78 is 23.4. The zero-order valence-electron chi connectivity index (χ0n) is 11.6. The lowest BCUT2D eigenvalue weighted by molar-refractivity contribution is -0.385. The van der Waals surface area contributed by atoms with Crippen LogP contribution in [-0.4, -0.2) is 17.5 Å². The largest absolute Gasteiger partial charge is 0.494 e. The predicted octanol–water partition coefficient (Wildman–Crippen LogP) is 3.35. The monoisotopic (exact) mass is 305 g/mol. The molecule has 114 valence electrons. The third-order valence-corrected chi connectivity index (χ3v) is 2.70. The highest BCUT2D eigenvalue weighted by Gasteiger charge is 2.20. The van der Waals surface area contributed by atoms with Gasteiger partial charge in [-0.05, 0) is 31.2 Å². The van der Waals surface area contributed by atoms with Crippen molar-refractivity contribution in [3.63, 3.8) is 0 Å². The minimum absolute atomic E-state index is 0.143. The molecule has 2 aromatic rings. The topological polar surface area (TPSA) is 78.7 Å². The van der Waals surface area contributed by atoms with Gasteiger partial charge in [-0.25, -0.2) is 9.18 Å². The molecular weight excluding hydrogens is 293 g/mol. The van der Waals surface area contributed by atoms with E-state index < -0.39 is 28.1 Å². The average molecular weight is 305 g/mol. The number of nitro groups is 1. The van der Waals surface area contributed by atoms with Crippen molar-refractivity contribution in [1.82, 2.24) is 0 Å². The molecule has 0 amide bonds. The Morgan fingerprint density at radius 3 is 2.73 bits per heavy atom. The van der Waals surface area contributed by atoms with E-state index in [9.17, 15) is 19.3 Å². The second kappa shape index (κ2) is 6.66. The number of nitro benzene ring substituents is 1. The van der Waals surface area contributed by atoms with E-state index >= 15 is 0 Å². The minimum Gasteiger partial charge on any atom is -0.494 e. The summed E-state index contributed by atoms with van der Waals surface area (Å²) in [6, 6.07) is 8.81. The highest BCUT2D eigenvalue weighted by Crippen LogP contribution is 2.28. The number of ether oxygens (including phenoxy) is 2. The number of carbonyl (C=O) groups excluding carboxylic acids is 1. The molecule has 0 radical (unpaired) electrons. The van der Waals surface area contributed by atoms with Gasteiger partial charge in [-0.2, -0.15) is 0 Å². The first-order chi connectivity index (χ1) is 10.5. The van der Waals surface area contributed by atoms with Crippen molar-refractivity contribution in [3.8, 4) is 11.5 Å². The lowest BCUT2D eigenvalue weighted by Crippen LogP contribution is -2.10. The lowest BCUT2D eigenvalue weighted by atomic mass is 10.2. The molecule has 0 aromatic heterocycles. The van der Waals surface area contributed by atoms with E-state index in [1.165, 1.54) is 12.1 Å². The minimum atomic E-state index is -0.838. The number of hydrogen-bond donors (Lipinski definition) is 0. The molecule has 0 unspecified atom stereocenters. The van der Waals surface area contributed by atoms with Gasteiger partial charge in [0.1, 0.15) is 11.6 Å². The van der Waals surface area contributed by atoms with Crippen molar-refractivity contribution in [3.05, 3.63) is 64.0 Å². The van der Waals surface area contributed by atoms with E-state index in [0.29, 0.717) is 12.4 Å². The molecule has 7 heteroatoms. The number of halogens is 1. The van der Waals surface area contributed by atoms with Gasteiger partial charge in [-0.15, -0.1) is 0 Å². The Morgan fingerprint density at radius 2 is 2.05 bits per heavy atom. The normalized spacial score (nSPS) is 10.1. The summed E-state index contributed by atoms with van der Waals surface area (Å²) in [6.45, 7) is 2.22. The number of hydrogen-bond acceptors (Lipinski definition) is 5. The van der Waals surface area contributed by atoms with E-state index in [4.69, 9.17) is 9.47 Å². The van der Waals surface area contributed by atoms with Gasteiger partial charge in [0, 0.05) is 12.1 Å². The first-order valence-corrected chi connectivity index (χ1v) is 6.40. The fourth-order valence-electron chi connectivity index (χ4n) is 1.76. The van der Waals surface area contributed by atoms with E-state index in [0.717, 1.165) is 18.2 Å². The van der Waals surface area contributed by atoms with E-state index in [1.54, 1.807) is 19.1 Å². The smallest absolute Gasteiger partial charge is 0.343 e. The third-order valence-electron chi connectivity index (χ3n) is 2.70. The first kappa shape index (κ1) is 15.4. The van der Waals surface area contributed by atoms with Crippen LogP contribution in [0.1, 0.15) is 17.3 Å². The number of carbonyl (C=O) groups is 1. The predicted molar refractivity (Wildman–Crippen MR) is 75.6 cm³/mol. The standard InChI is InChI=1S/C15H12FNO5/c1-2-21-12-5-3-4-10(8-12)15(18)22-14-9-11(16)6-7-13(14)17(19)20/h3-9H,2H2,1H3. The van der Waals surface area contributed by atoms with Crippen molar-refractivity contribution in [1.29, 1.82) is 0 Å². The number of rotatable bonds is 5. The Morgan fingerprint density at radius 1 is 1.27 bits per heavy atom. The van der Waals surface area contributed by atoms with Crippen LogP contribution in [0.4, 0.5) is 10.1 Å². The Balaban J connectivity index is 2.27. The summed E-state index contributed by atoms with van der Waals surface area (Å²) in [5, 5.41) is 10.9. The molecule has 0 saturated heterocycles. The van der Waals surface area contributed by atoms with Gasteiger partial charge < -0.3 is 9.47 Å². The van der Waals surface area contributed by atoms with Crippen LogP contribution in [0.5, 0.6) is 11.5 Å². The quantitative estimate of drug-likeness (QED) is 0.366. The van der Waals surface area contributed by atoms with Gasteiger partial charge in [0.2, 0.25) is 5.75 Å². The fourth-order valence-corrected chi connectivity index (χ4v) is 1.76. The summed E-state index contributed by atoms with van der Waals surface area (Å²) in [7, 11) is 0. The van der Waals surface area contributed by atoms with Gasteiger partial charge in [-0.3, -0.25) is 10.1 Å². The number of nitrogens with zero attached hydrogens (tertiary/aromatic N) is 1. The summed E-state index contributed by atoms with van der Waals surface area (Å²) in [5.74, 6) is -1.56. The van der Waals surface area contributed by atoms with Crippen LogP contribution in [0, 0.1) is 15.9 Å². The van der Waals surface area contributed by atoms with Crippen LogP contribution in [0.3, 0.4) is 0 Å². The molecule has 0 aliphatic heterocycles. The van der Waals surface area contributed by atoms with Crippen LogP contribution < -0.4 is 9.47 Å². The summed E-state index contributed by atoms with van der Waals surface area (Å²) in [6.07, 6.45) is 0. The van der Waals surface area contributed by atoms with Crippen LogP contribution in [0.15, 0.2) is 42.5 Å². The van der Waals surface area contributed by atoms with Crippen molar-refractivity contribution in [2.45, 2.75) is 6.92 Å². The van der Waals surface area contributed by atoms with Gasteiger partial charge in [0.05, 0.1) is 17.1 Å². The SMILES string of the molecule is CCOc1cccc(C(=O)Oc2cc(F)ccc2[N+](=O)[O-])c1. The van der Waals surface area contributed by atoms with Crippen LogP contribution in [-0.2, 0) is 0 Å². The van der Waals surface area contributed by atoms with Crippen molar-refractivity contribution >= 4 is 11.7 Å². The first-order valence-electron chi connectivity index (χ1n) is 6.40. The molecule has 0 aliphatic carbocycles. The van der Waals surface area contributed by atoms with E-state index in [1.807, 2.05) is 0 Å². The van der Waals surface area contributed by atoms with Gasteiger partial charge in [0.25, 0.3) is 0 Å². The van der Waals surface area contributed by atoms with Crippen LogP contribution >= 0.6 is 0 Å². The summed E-state index contributed by atoms with van der Waals surface area (Å²) in [5.41, 5.74) is -0.347. The molecular formula is C15H12FNO5. The maximum absolute atomic E-state index is 13.2. The highest BCUT2D eigenvalue weighted by molar-refractivity contribution is 5.91. The molecule has 0 spiro atoms. The zero-order chi connectivity index (χ0) is 16.1. The van der Waals surface area contributed by atoms with Gasteiger partial charge >= 0.3 is 11.7 Å². The van der Waals surface area contributed by atoms with Crippen LogP contribution in [0.2, 0.25) is 0 Å². The third kappa shape index (κ3) is 3.57. The Labute approximate surface area is 125 Å². The van der Waals surface area contributed by atoms with Gasteiger partial charge in [0.15, 0.2) is 0 Å². The van der Waals surface area contributed by atoms with E-state index in [2.05, 4.69) is 0 Å². The van der Waals surface area contributed by atoms with E-state index in [-0.39, 0.29) is 5.56 Å². The molecule has 0 fully saturated rings. The number of esters is 1. The van der Waals surface area contributed by atoms with Crippen LogP contribution in [0.25, 0.3) is 0 Å². The molecule has 0 heterocycles.